The van der Waals surface area contributed by atoms with Crippen LogP contribution in [0.3, 0.4) is 0 Å². The Kier molecular flexibility index (Phi) is 3.03. The van der Waals surface area contributed by atoms with Gasteiger partial charge in [0.1, 0.15) is 0 Å². The van der Waals surface area contributed by atoms with Gasteiger partial charge in [-0.05, 0) is 45.8 Å². The SMILES string of the molecule is NC1CC(NCc2ccsc2Br)C1. The van der Waals surface area contributed by atoms with Crippen LogP contribution in [0.2, 0.25) is 0 Å². The van der Waals surface area contributed by atoms with Gasteiger partial charge in [0.2, 0.25) is 0 Å². The molecule has 0 amide bonds. The van der Waals surface area contributed by atoms with Gasteiger partial charge < -0.3 is 11.1 Å². The van der Waals surface area contributed by atoms with E-state index in [4.69, 9.17) is 5.73 Å². The van der Waals surface area contributed by atoms with Gasteiger partial charge in [-0.25, -0.2) is 0 Å². The number of hydrogen-bond acceptors (Lipinski definition) is 3. The summed E-state index contributed by atoms with van der Waals surface area (Å²) in [4.78, 5) is 0. The molecule has 0 unspecified atom stereocenters. The van der Waals surface area contributed by atoms with Crippen LogP contribution in [-0.2, 0) is 6.54 Å². The highest BCUT2D eigenvalue weighted by Gasteiger charge is 2.25. The molecule has 0 spiro atoms. The van der Waals surface area contributed by atoms with Crippen LogP contribution < -0.4 is 11.1 Å². The second kappa shape index (κ2) is 4.09. The monoisotopic (exact) mass is 260 g/mol. The molecule has 0 aliphatic heterocycles. The van der Waals surface area contributed by atoms with Crippen molar-refractivity contribution >= 4 is 27.3 Å². The van der Waals surface area contributed by atoms with Crippen molar-refractivity contribution in [3.63, 3.8) is 0 Å². The normalized spacial score (nSPS) is 27.2. The zero-order valence-electron chi connectivity index (χ0n) is 7.29. The van der Waals surface area contributed by atoms with E-state index >= 15 is 0 Å². The van der Waals surface area contributed by atoms with E-state index in [1.807, 2.05) is 0 Å². The third-order valence-electron chi connectivity index (χ3n) is 2.45. The summed E-state index contributed by atoms with van der Waals surface area (Å²) in [5.74, 6) is 0. The van der Waals surface area contributed by atoms with Crippen molar-refractivity contribution in [1.29, 1.82) is 0 Å². The molecular formula is C9H13BrN2S. The van der Waals surface area contributed by atoms with Crippen molar-refractivity contribution in [3.8, 4) is 0 Å². The lowest BCUT2D eigenvalue weighted by molar-refractivity contribution is 0.291. The first-order valence-corrected chi connectivity index (χ1v) is 6.14. The van der Waals surface area contributed by atoms with Crippen LogP contribution in [-0.4, -0.2) is 12.1 Å². The van der Waals surface area contributed by atoms with Crippen LogP contribution in [0.1, 0.15) is 18.4 Å². The lowest BCUT2D eigenvalue weighted by Crippen LogP contribution is -2.48. The fourth-order valence-electron chi connectivity index (χ4n) is 1.53. The lowest BCUT2D eigenvalue weighted by Gasteiger charge is -2.33. The molecule has 13 heavy (non-hydrogen) atoms. The summed E-state index contributed by atoms with van der Waals surface area (Å²) < 4.78 is 1.24. The van der Waals surface area contributed by atoms with E-state index in [-0.39, 0.29) is 0 Å². The molecule has 2 rings (SSSR count). The smallest absolute Gasteiger partial charge is 0.0743 e. The lowest BCUT2D eigenvalue weighted by atomic mass is 9.87. The van der Waals surface area contributed by atoms with Crippen LogP contribution in [0.4, 0.5) is 0 Å². The zero-order valence-corrected chi connectivity index (χ0v) is 9.70. The first kappa shape index (κ1) is 9.65. The van der Waals surface area contributed by atoms with Crippen molar-refractivity contribution in [2.75, 3.05) is 0 Å². The summed E-state index contributed by atoms with van der Waals surface area (Å²) in [6.45, 7) is 0.960. The number of nitrogens with two attached hydrogens (primary N) is 1. The van der Waals surface area contributed by atoms with E-state index in [2.05, 4.69) is 32.7 Å². The number of thiophene rings is 1. The molecule has 1 heterocycles. The highest BCUT2D eigenvalue weighted by atomic mass is 79.9. The Balaban J connectivity index is 1.77. The van der Waals surface area contributed by atoms with Crippen molar-refractivity contribution in [2.45, 2.75) is 31.5 Å². The Morgan fingerprint density at radius 3 is 2.92 bits per heavy atom. The maximum atomic E-state index is 5.70. The van der Waals surface area contributed by atoms with Gasteiger partial charge >= 0.3 is 0 Å². The van der Waals surface area contributed by atoms with Crippen LogP contribution in [0.5, 0.6) is 0 Å². The topological polar surface area (TPSA) is 38.0 Å². The minimum atomic E-state index is 0.434. The zero-order chi connectivity index (χ0) is 9.26. The van der Waals surface area contributed by atoms with E-state index in [1.54, 1.807) is 11.3 Å². The highest BCUT2D eigenvalue weighted by molar-refractivity contribution is 9.11. The predicted molar refractivity (Wildman–Crippen MR) is 59.9 cm³/mol. The number of hydrogen-bond donors (Lipinski definition) is 2. The van der Waals surface area contributed by atoms with Crippen molar-refractivity contribution in [2.24, 2.45) is 5.73 Å². The Labute approximate surface area is 90.6 Å². The molecule has 0 bridgehead atoms. The molecule has 0 radical (unpaired) electrons. The Morgan fingerprint density at radius 2 is 2.38 bits per heavy atom. The molecule has 4 heteroatoms. The molecule has 1 saturated carbocycles. The van der Waals surface area contributed by atoms with Gasteiger partial charge in [-0.2, -0.15) is 0 Å². The third kappa shape index (κ3) is 2.31. The van der Waals surface area contributed by atoms with Gasteiger partial charge in [0.15, 0.2) is 0 Å². The summed E-state index contributed by atoms with van der Waals surface area (Å²) in [6.07, 6.45) is 2.25. The van der Waals surface area contributed by atoms with E-state index in [0.717, 1.165) is 19.4 Å². The van der Waals surface area contributed by atoms with Gasteiger partial charge in [-0.3, -0.25) is 0 Å². The molecular weight excluding hydrogens is 248 g/mol. The van der Waals surface area contributed by atoms with Crippen molar-refractivity contribution < 1.29 is 0 Å². The van der Waals surface area contributed by atoms with Gasteiger partial charge in [0.05, 0.1) is 3.79 Å². The predicted octanol–water partition coefficient (Wildman–Crippen LogP) is 2.09. The largest absolute Gasteiger partial charge is 0.328 e. The first-order valence-electron chi connectivity index (χ1n) is 4.46. The third-order valence-corrected chi connectivity index (χ3v) is 4.26. The van der Waals surface area contributed by atoms with E-state index in [1.165, 1.54) is 9.35 Å². The fourth-order valence-corrected chi connectivity index (χ4v) is 2.77. The highest BCUT2D eigenvalue weighted by Crippen LogP contribution is 2.24. The number of halogens is 1. The van der Waals surface area contributed by atoms with Gasteiger partial charge in [0.25, 0.3) is 0 Å². The molecule has 1 aromatic rings. The average molecular weight is 261 g/mol. The molecule has 0 aromatic carbocycles. The van der Waals surface area contributed by atoms with E-state index in [9.17, 15) is 0 Å². The van der Waals surface area contributed by atoms with Crippen molar-refractivity contribution in [1.82, 2.24) is 5.32 Å². The summed E-state index contributed by atoms with van der Waals surface area (Å²) >= 11 is 5.26. The van der Waals surface area contributed by atoms with Crippen molar-refractivity contribution in [3.05, 3.63) is 20.8 Å². The number of nitrogens with one attached hydrogen (secondary N) is 1. The van der Waals surface area contributed by atoms with Crippen LogP contribution >= 0.6 is 27.3 Å². The van der Waals surface area contributed by atoms with Crippen LogP contribution in [0.25, 0.3) is 0 Å². The summed E-state index contributed by atoms with van der Waals surface area (Å²) in [6, 6.07) is 3.23. The van der Waals surface area contributed by atoms with Gasteiger partial charge in [-0.15, -0.1) is 11.3 Å². The Bertz CT molecular complexity index is 281. The van der Waals surface area contributed by atoms with Crippen LogP contribution in [0, 0.1) is 0 Å². The Hall–Kier alpha value is 0.100. The first-order chi connectivity index (χ1) is 6.25. The maximum absolute atomic E-state index is 5.70. The van der Waals surface area contributed by atoms with E-state index in [0.29, 0.717) is 12.1 Å². The van der Waals surface area contributed by atoms with Gasteiger partial charge in [0, 0.05) is 18.6 Å². The maximum Gasteiger partial charge on any atom is 0.0743 e. The second-order valence-corrected chi connectivity index (χ2v) is 5.76. The molecule has 3 N–H and O–H groups in total. The fraction of sp³-hybridized carbons (Fsp3) is 0.556. The average Bonchev–Trinajstić information content (AvgIpc) is 2.43. The van der Waals surface area contributed by atoms with Crippen LogP contribution in [0.15, 0.2) is 15.2 Å². The molecule has 1 fully saturated rings. The minimum absolute atomic E-state index is 0.434. The minimum Gasteiger partial charge on any atom is -0.328 e. The summed E-state index contributed by atoms with van der Waals surface area (Å²) in [7, 11) is 0. The molecule has 1 aliphatic carbocycles. The summed E-state index contributed by atoms with van der Waals surface area (Å²) in [5.41, 5.74) is 7.05. The van der Waals surface area contributed by atoms with Gasteiger partial charge in [-0.1, -0.05) is 0 Å². The number of rotatable bonds is 3. The Morgan fingerprint density at radius 1 is 1.62 bits per heavy atom. The summed E-state index contributed by atoms with van der Waals surface area (Å²) in [5, 5.41) is 5.59. The molecule has 0 saturated heterocycles. The molecule has 72 valence electrons. The molecule has 2 nitrogen and oxygen atoms in total. The molecule has 0 atom stereocenters. The quantitative estimate of drug-likeness (QED) is 0.874. The standard InChI is InChI=1S/C9H13BrN2S/c10-9-6(1-2-13-9)5-12-8-3-7(11)4-8/h1-2,7-8,12H,3-5,11H2. The molecule has 1 aliphatic rings. The second-order valence-electron chi connectivity index (χ2n) is 3.53. The molecule has 1 aromatic heterocycles. The van der Waals surface area contributed by atoms with E-state index < -0.39 is 0 Å².